The first-order valence-corrected chi connectivity index (χ1v) is 16.6. The van der Waals surface area contributed by atoms with Crippen molar-refractivity contribution < 1.29 is 8.83 Å². The largest absolute Gasteiger partial charge is 0.456 e. The minimum atomic E-state index is 0.855. The van der Waals surface area contributed by atoms with Gasteiger partial charge in [0.05, 0.1) is 0 Å². The fourth-order valence-electron chi connectivity index (χ4n) is 7.37. The zero-order valence-electron chi connectivity index (χ0n) is 26.5. The molecule has 230 valence electrons. The number of para-hydroxylation sites is 1. The van der Waals surface area contributed by atoms with Crippen molar-refractivity contribution in [3.63, 3.8) is 0 Å². The van der Waals surface area contributed by atoms with Crippen LogP contribution in [0.25, 0.3) is 76.9 Å². The Balaban J connectivity index is 1.22. The highest BCUT2D eigenvalue weighted by Gasteiger charge is 2.20. The molecule has 0 N–H and O–H groups in total. The summed E-state index contributed by atoms with van der Waals surface area (Å²) in [5.74, 6) is 0. The first-order chi connectivity index (χ1) is 24.3. The van der Waals surface area contributed by atoms with Crippen molar-refractivity contribution in [3.05, 3.63) is 176 Å². The van der Waals surface area contributed by atoms with Gasteiger partial charge in [0.15, 0.2) is 0 Å². The average Bonchev–Trinajstić information content (AvgIpc) is 3.74. The van der Waals surface area contributed by atoms with Crippen molar-refractivity contribution >= 4 is 71.7 Å². The van der Waals surface area contributed by atoms with E-state index in [-0.39, 0.29) is 0 Å². The summed E-state index contributed by atoms with van der Waals surface area (Å²) >= 11 is 0. The first-order valence-electron chi connectivity index (χ1n) is 16.6. The molecule has 10 rings (SSSR count). The van der Waals surface area contributed by atoms with Crippen LogP contribution in [0, 0.1) is 0 Å². The van der Waals surface area contributed by atoms with E-state index in [1.807, 2.05) is 12.1 Å². The highest BCUT2D eigenvalue weighted by molar-refractivity contribution is 6.19. The zero-order valence-corrected chi connectivity index (χ0v) is 26.5. The minimum absolute atomic E-state index is 0.855. The Bertz CT molecular complexity index is 2830. The number of hydrogen-bond donors (Lipinski definition) is 0. The van der Waals surface area contributed by atoms with Crippen LogP contribution in [0.5, 0.6) is 0 Å². The standard InChI is InChI=1S/C46H29NO2/c1-3-11-30(12-4-1)36-23-20-33(27-40(36)31-13-5-2-6-14-31)47(34-22-26-43-41(28-34)38-17-9-10-18-42(38)48-43)35-21-24-39-45(29-35)49-44-25-19-32-15-7-8-16-37(32)46(39)44/h1-29H. The van der Waals surface area contributed by atoms with Gasteiger partial charge in [-0.1, -0.05) is 115 Å². The lowest BCUT2D eigenvalue weighted by Gasteiger charge is -2.27. The van der Waals surface area contributed by atoms with Gasteiger partial charge in [-0.3, -0.25) is 0 Å². The third-order valence-corrected chi connectivity index (χ3v) is 9.65. The molecular formula is C46H29NO2. The number of benzene rings is 8. The summed E-state index contributed by atoms with van der Waals surface area (Å²) < 4.78 is 12.8. The maximum Gasteiger partial charge on any atom is 0.137 e. The third-order valence-electron chi connectivity index (χ3n) is 9.65. The van der Waals surface area contributed by atoms with E-state index < -0.39 is 0 Å². The molecule has 10 aromatic rings. The molecule has 3 nitrogen and oxygen atoms in total. The number of nitrogens with zero attached hydrogens (tertiary/aromatic N) is 1. The molecule has 0 saturated heterocycles. The van der Waals surface area contributed by atoms with Crippen LogP contribution in [-0.2, 0) is 0 Å². The molecule has 2 aromatic heterocycles. The Hall–Kier alpha value is -6.58. The molecule has 0 aliphatic carbocycles. The smallest absolute Gasteiger partial charge is 0.137 e. The molecule has 0 aliphatic heterocycles. The number of fused-ring (bicyclic) bond motifs is 8. The van der Waals surface area contributed by atoms with Crippen molar-refractivity contribution in [2.75, 3.05) is 4.90 Å². The second-order valence-corrected chi connectivity index (χ2v) is 12.5. The second-order valence-electron chi connectivity index (χ2n) is 12.5. The van der Waals surface area contributed by atoms with E-state index in [4.69, 9.17) is 8.83 Å². The molecule has 0 bridgehead atoms. The molecule has 0 radical (unpaired) electrons. The van der Waals surface area contributed by atoms with E-state index in [0.29, 0.717) is 0 Å². The lowest BCUT2D eigenvalue weighted by Crippen LogP contribution is -2.10. The van der Waals surface area contributed by atoms with Crippen molar-refractivity contribution in [2.24, 2.45) is 0 Å². The van der Waals surface area contributed by atoms with E-state index in [0.717, 1.165) is 60.9 Å². The Morgan fingerprint density at radius 2 is 0.918 bits per heavy atom. The molecule has 2 heterocycles. The van der Waals surface area contributed by atoms with Gasteiger partial charge in [0.2, 0.25) is 0 Å². The lowest BCUT2D eigenvalue weighted by atomic mass is 9.93. The first kappa shape index (κ1) is 27.5. The average molecular weight is 628 g/mol. The van der Waals surface area contributed by atoms with Crippen LogP contribution in [0.15, 0.2) is 185 Å². The van der Waals surface area contributed by atoms with Crippen LogP contribution < -0.4 is 4.90 Å². The molecule has 0 fully saturated rings. The minimum Gasteiger partial charge on any atom is -0.456 e. The van der Waals surface area contributed by atoms with E-state index in [1.165, 1.54) is 33.0 Å². The van der Waals surface area contributed by atoms with Gasteiger partial charge in [-0.05, 0) is 87.6 Å². The summed E-state index contributed by atoms with van der Waals surface area (Å²) in [6.07, 6.45) is 0. The maximum absolute atomic E-state index is 6.57. The SMILES string of the molecule is c1ccc(-c2ccc(N(c3ccc4c(c3)oc3ccc5ccccc5c34)c3ccc4oc5ccccc5c4c3)cc2-c2ccccc2)cc1. The molecule has 0 amide bonds. The van der Waals surface area contributed by atoms with Gasteiger partial charge in [0, 0.05) is 44.7 Å². The van der Waals surface area contributed by atoms with Gasteiger partial charge in [0.25, 0.3) is 0 Å². The predicted octanol–water partition coefficient (Wildman–Crippen LogP) is 13.4. The van der Waals surface area contributed by atoms with E-state index in [1.54, 1.807) is 0 Å². The summed E-state index contributed by atoms with van der Waals surface area (Å²) in [6, 6.07) is 62.1. The Kier molecular flexibility index (Phi) is 6.18. The topological polar surface area (TPSA) is 29.5 Å². The van der Waals surface area contributed by atoms with Crippen molar-refractivity contribution in [2.45, 2.75) is 0 Å². The summed E-state index contributed by atoms with van der Waals surface area (Å²) in [5, 5.41) is 6.84. The fraction of sp³-hybridized carbons (Fsp3) is 0. The molecule has 0 atom stereocenters. The third kappa shape index (κ3) is 4.51. The molecule has 0 spiro atoms. The van der Waals surface area contributed by atoms with Crippen LogP contribution in [0.4, 0.5) is 17.1 Å². The van der Waals surface area contributed by atoms with Gasteiger partial charge in [0.1, 0.15) is 22.3 Å². The van der Waals surface area contributed by atoms with Gasteiger partial charge in [-0.2, -0.15) is 0 Å². The molecule has 3 heteroatoms. The van der Waals surface area contributed by atoms with Crippen molar-refractivity contribution in [3.8, 4) is 22.3 Å². The van der Waals surface area contributed by atoms with Gasteiger partial charge in [-0.15, -0.1) is 0 Å². The highest BCUT2D eigenvalue weighted by atomic mass is 16.3. The molecule has 0 aliphatic rings. The van der Waals surface area contributed by atoms with Crippen LogP contribution in [-0.4, -0.2) is 0 Å². The molecule has 0 unspecified atom stereocenters. The van der Waals surface area contributed by atoms with Gasteiger partial charge in [-0.25, -0.2) is 0 Å². The van der Waals surface area contributed by atoms with E-state index in [2.05, 4.69) is 169 Å². The summed E-state index contributed by atoms with van der Waals surface area (Å²) in [5.41, 5.74) is 11.3. The lowest BCUT2D eigenvalue weighted by molar-refractivity contribution is 0.668. The van der Waals surface area contributed by atoms with Crippen LogP contribution in [0.2, 0.25) is 0 Å². The number of anilines is 3. The van der Waals surface area contributed by atoms with Crippen molar-refractivity contribution in [1.29, 1.82) is 0 Å². The van der Waals surface area contributed by atoms with Crippen LogP contribution in [0.3, 0.4) is 0 Å². The van der Waals surface area contributed by atoms with Crippen LogP contribution >= 0.6 is 0 Å². The maximum atomic E-state index is 6.57. The Morgan fingerprint density at radius 1 is 0.327 bits per heavy atom. The Labute approximate surface area is 282 Å². The van der Waals surface area contributed by atoms with Gasteiger partial charge >= 0.3 is 0 Å². The second kappa shape index (κ2) is 11.0. The zero-order chi connectivity index (χ0) is 32.3. The number of rotatable bonds is 5. The van der Waals surface area contributed by atoms with Crippen LogP contribution in [0.1, 0.15) is 0 Å². The summed E-state index contributed by atoms with van der Waals surface area (Å²) in [7, 11) is 0. The number of hydrogen-bond acceptors (Lipinski definition) is 3. The highest BCUT2D eigenvalue weighted by Crippen LogP contribution is 2.44. The number of furan rings is 2. The fourth-order valence-corrected chi connectivity index (χ4v) is 7.37. The van der Waals surface area contributed by atoms with E-state index >= 15 is 0 Å². The summed E-state index contributed by atoms with van der Waals surface area (Å²) in [6.45, 7) is 0. The molecular weight excluding hydrogens is 599 g/mol. The predicted molar refractivity (Wildman–Crippen MR) is 204 cm³/mol. The molecule has 49 heavy (non-hydrogen) atoms. The Morgan fingerprint density at radius 3 is 1.76 bits per heavy atom. The molecule has 8 aromatic carbocycles. The van der Waals surface area contributed by atoms with E-state index in [9.17, 15) is 0 Å². The monoisotopic (exact) mass is 627 g/mol. The quantitative estimate of drug-likeness (QED) is 0.190. The molecule has 0 saturated carbocycles. The van der Waals surface area contributed by atoms with Gasteiger partial charge < -0.3 is 13.7 Å². The van der Waals surface area contributed by atoms with Crippen molar-refractivity contribution in [1.82, 2.24) is 0 Å². The summed E-state index contributed by atoms with van der Waals surface area (Å²) in [4.78, 5) is 2.33. The normalized spacial score (nSPS) is 11.7.